The molecule has 0 fully saturated rings. The maximum atomic E-state index is 13.2. The maximum Gasteiger partial charge on any atom is 1.00 e. The summed E-state index contributed by atoms with van der Waals surface area (Å²) >= 11 is 0. The third-order valence-corrected chi connectivity index (χ3v) is 18.8. The molecular formula is C78H93F12IN6NaO12P. The number of esters is 3. The van der Waals surface area contributed by atoms with Crippen LogP contribution in [0.1, 0.15) is 155 Å². The Bertz CT molecular complexity index is 3610. The number of nitrogens with zero attached hydrogens (tertiary/aromatic N) is 5. The van der Waals surface area contributed by atoms with Crippen molar-refractivity contribution in [1.29, 1.82) is 0 Å². The number of nitrogens with two attached hydrogens (primary N) is 1. The van der Waals surface area contributed by atoms with Crippen LogP contribution in [0.15, 0.2) is 227 Å². The summed E-state index contributed by atoms with van der Waals surface area (Å²) in [5, 5.41) is 44.0. The number of ether oxygens (including phenoxy) is 3. The van der Waals surface area contributed by atoms with Crippen molar-refractivity contribution in [1.82, 2.24) is 0 Å². The topological polar surface area (TPSA) is 284 Å². The number of allylic oxidation sites excluding steroid dienone is 3. The van der Waals surface area contributed by atoms with E-state index in [1.807, 2.05) is 115 Å². The third-order valence-electron chi connectivity index (χ3n) is 14.3. The number of alkyl halides is 12. The first-order valence-electron chi connectivity index (χ1n) is 33.9. The summed E-state index contributed by atoms with van der Waals surface area (Å²) in [5.41, 5.74) is 7.73. The van der Waals surface area contributed by atoms with Crippen LogP contribution < -0.4 is 75.3 Å². The Hall–Kier alpha value is -8.43. The fraction of sp³-hybridized carbons (Fsp3) is 0.346. The normalized spacial score (nSPS) is 11.0. The Morgan fingerprint density at radius 1 is 0.459 bits per heavy atom. The summed E-state index contributed by atoms with van der Waals surface area (Å²) in [6.45, 7) is 6.27. The molecule has 111 heavy (non-hydrogen) atoms. The van der Waals surface area contributed by atoms with E-state index in [0.717, 1.165) is 77.6 Å². The summed E-state index contributed by atoms with van der Waals surface area (Å²) in [6.07, 6.45) is -7.70. The van der Waals surface area contributed by atoms with E-state index in [4.69, 9.17) is 34.7 Å². The Morgan fingerprint density at radius 2 is 0.802 bits per heavy atom. The molecular weight excluding hydrogens is 1620 g/mol. The predicted octanol–water partition coefficient (Wildman–Crippen LogP) is 13.5. The fourth-order valence-electron chi connectivity index (χ4n) is 9.37. The molecule has 0 aliphatic rings. The molecule has 7 rings (SSSR count). The number of carbonyl (C=O) groups is 5. The fourth-order valence-corrected chi connectivity index (χ4v) is 13.7. The molecule has 0 aromatic heterocycles. The van der Waals surface area contributed by atoms with Crippen LogP contribution in [0.3, 0.4) is 0 Å². The van der Waals surface area contributed by atoms with E-state index in [0.29, 0.717) is 75.0 Å². The molecule has 0 atom stereocenters. The smallest absolute Gasteiger partial charge is 1.00 e. The average molecular weight is 1720 g/mol. The first-order chi connectivity index (χ1) is 51.9. The van der Waals surface area contributed by atoms with E-state index in [1.165, 1.54) is 24.3 Å². The zero-order valence-electron chi connectivity index (χ0n) is 62.2. The van der Waals surface area contributed by atoms with Crippen molar-refractivity contribution < 1.29 is 165 Å². The number of aromatic carboxylic acids is 1. The first kappa shape index (κ1) is 107. The van der Waals surface area contributed by atoms with E-state index in [2.05, 4.69) is 32.3 Å². The average Bonchev–Trinajstić information content (AvgIpc) is 0.756. The minimum absolute atomic E-state index is 0. The Labute approximate surface area is 678 Å². The third kappa shape index (κ3) is 51.0. The predicted molar refractivity (Wildman–Crippen MR) is 396 cm³/mol. The number of aliphatic hydroxyl groups excluding tert-OH is 2. The Balaban J connectivity index is -0.00000127. The second kappa shape index (κ2) is 62.1. The van der Waals surface area contributed by atoms with Crippen LogP contribution in [-0.2, 0) is 38.3 Å². The molecule has 33 heteroatoms. The van der Waals surface area contributed by atoms with E-state index in [-0.39, 0.29) is 90.0 Å². The number of rotatable bonds is 30. The Morgan fingerprint density at radius 3 is 1.11 bits per heavy atom. The van der Waals surface area contributed by atoms with Gasteiger partial charge in [0.25, 0.3) is 0 Å². The van der Waals surface area contributed by atoms with E-state index < -0.39 is 69.6 Å². The monoisotopic (exact) mass is 1710 g/mol. The summed E-state index contributed by atoms with van der Waals surface area (Å²) < 4.78 is 161. The molecule has 0 spiro atoms. The van der Waals surface area contributed by atoms with E-state index in [1.54, 1.807) is 87.5 Å². The van der Waals surface area contributed by atoms with Crippen LogP contribution in [0.4, 0.5) is 52.7 Å². The summed E-state index contributed by atoms with van der Waals surface area (Å²) in [5.74, 6) is 2.41. The summed E-state index contributed by atoms with van der Waals surface area (Å²) in [6, 6.07) is 56.1. The standard InChI is InChI=1S/C21H19F3P.C15H19F3O2.C15H15F3O2.C13H15F3O2.C12H14O3.2CH4O.HI.H3N6O.Na/c22-21(23,24)16-17-25(18-10-4-1-5-11-18,19-12-6-2-7-13-19)20-14-8-3-9-15-20;2*1-2-20-14(19)13-9-7-12(8-10-13)6-4-3-5-11-15(16,17)18;14-13(15,16)9-3-1-2-4-10-5-7-11(8-6-10)12(17)18;1-2-15-12(14)11-7-5-10(6-8-11)4-3-9-13;2*1-2;;1-2-3-4-5-6-7;/h1-15H,16-17H2;7-10H,2-6,11H2,1H3;3-10H,2,11H2,1H3;5-8H,1-4,9H2,(H,17,18);5-9H,2-4H2,1H3;2*2H,1H3;1H;(H3-,1,2,3,4,5,6,7);/q+1;;;;;;;;-1;+1/p-1/b;;5-3?,6-4+;;;;;;;. The van der Waals surface area contributed by atoms with Crippen LogP contribution >= 0.6 is 7.26 Å². The zero-order valence-corrected chi connectivity index (χ0v) is 67.3. The quantitative estimate of drug-likeness (QED) is 0.00228. The van der Waals surface area contributed by atoms with Gasteiger partial charge in [-0.2, -0.15) is 52.7 Å². The van der Waals surface area contributed by atoms with Crippen LogP contribution in [0, 0.1) is 0 Å². The van der Waals surface area contributed by atoms with Gasteiger partial charge in [0, 0.05) is 33.5 Å². The number of halogens is 13. The summed E-state index contributed by atoms with van der Waals surface area (Å²) in [4.78, 5) is 54.9. The number of aldehydes is 1. The van der Waals surface area contributed by atoms with Crippen LogP contribution in [0.5, 0.6) is 0 Å². The molecule has 0 heterocycles. The molecule has 0 saturated heterocycles. The van der Waals surface area contributed by atoms with Crippen LogP contribution in [0.2, 0.25) is 0 Å². The molecule has 0 aliphatic carbocycles. The molecule has 0 radical (unpaired) electrons. The largest absolute Gasteiger partial charge is 1.00 e. The van der Waals surface area contributed by atoms with Gasteiger partial charge >= 0.3 is 78.1 Å². The Kier molecular flexibility index (Phi) is 59.8. The SMILES string of the molecule is CCOC(=O)c1ccc(/C=C/C=CCC(F)(F)F)cc1.CCOC(=O)c1ccc(CCC=O)cc1.CCOC(=O)c1ccc(CCCCCC(F)(F)F)cc1.CO.CO.FC(F)(F)CC[P+](c1ccccc1)(c1ccccc1)c1ccccc1.N/N=N/N=N/[N-]O.O=C(O)c1ccc(CCCCCC(F)(F)F)cc1.[I-].[Na+]. The number of aryl methyl sites for hydroxylation is 3. The van der Waals surface area contributed by atoms with Crippen molar-refractivity contribution >= 4 is 59.4 Å². The molecule has 0 unspecified atom stereocenters. The van der Waals surface area contributed by atoms with Crippen molar-refractivity contribution in [3.8, 4) is 0 Å². The maximum absolute atomic E-state index is 13.2. The van der Waals surface area contributed by atoms with Crippen molar-refractivity contribution in [2.45, 2.75) is 135 Å². The van der Waals surface area contributed by atoms with Gasteiger partial charge < -0.3 is 69.4 Å². The number of benzene rings is 7. The molecule has 0 saturated carbocycles. The molecule has 0 bridgehead atoms. The minimum Gasteiger partial charge on any atom is -1.00 e. The van der Waals surface area contributed by atoms with Gasteiger partial charge in [0.05, 0.1) is 61.1 Å². The number of carboxylic acids is 1. The van der Waals surface area contributed by atoms with Crippen molar-refractivity contribution in [2.24, 2.45) is 26.7 Å². The van der Waals surface area contributed by atoms with Gasteiger partial charge in [0.2, 0.25) is 0 Å². The van der Waals surface area contributed by atoms with Crippen molar-refractivity contribution in [3.63, 3.8) is 0 Å². The number of aliphatic hydroxyl groups is 2. The van der Waals surface area contributed by atoms with E-state index >= 15 is 0 Å². The number of carbonyl (C=O) groups excluding carboxylic acids is 4. The zero-order chi connectivity index (χ0) is 82.0. The van der Waals surface area contributed by atoms with Gasteiger partial charge in [-0.3, -0.25) is 5.59 Å². The van der Waals surface area contributed by atoms with Gasteiger partial charge in [-0.25, -0.2) is 29.6 Å². The summed E-state index contributed by atoms with van der Waals surface area (Å²) in [7, 11) is -0.370. The van der Waals surface area contributed by atoms with Gasteiger partial charge in [-0.05, 0) is 173 Å². The van der Waals surface area contributed by atoms with Crippen LogP contribution in [0.25, 0.3) is 11.7 Å². The van der Waals surface area contributed by atoms with Crippen molar-refractivity contribution in [2.75, 3.05) is 40.2 Å². The molecule has 7 aromatic rings. The van der Waals surface area contributed by atoms with Gasteiger partial charge in [-0.15, -0.1) is 5.22 Å². The molecule has 18 nitrogen and oxygen atoms in total. The molecule has 0 aliphatic heterocycles. The number of hydrogen-bond acceptors (Lipinski definition) is 13. The molecule has 0 amide bonds. The molecule has 604 valence electrons. The number of carboxylic acid groups (broad SMARTS) is 1. The van der Waals surface area contributed by atoms with Gasteiger partial charge in [0.15, 0.2) is 0 Å². The second-order valence-corrected chi connectivity index (χ2v) is 25.8. The number of hydrogen-bond donors (Lipinski definition) is 5. The van der Waals surface area contributed by atoms with Gasteiger partial charge in [-0.1, -0.05) is 145 Å². The van der Waals surface area contributed by atoms with E-state index in [9.17, 15) is 76.7 Å². The van der Waals surface area contributed by atoms with Crippen LogP contribution in [-0.4, -0.2) is 116 Å². The second-order valence-electron chi connectivity index (χ2n) is 22.2. The molecule has 7 aromatic carbocycles. The minimum atomic E-state index is -4.18. The number of unbranched alkanes of at least 4 members (excludes halogenated alkanes) is 4. The first-order valence-corrected chi connectivity index (χ1v) is 35.9. The molecule has 6 N–H and O–H groups in total. The van der Waals surface area contributed by atoms with Crippen molar-refractivity contribution in [3.05, 3.63) is 256 Å². The van der Waals surface area contributed by atoms with Gasteiger partial charge in [0.1, 0.15) is 29.5 Å².